The van der Waals surface area contributed by atoms with E-state index >= 15 is 0 Å². The van der Waals surface area contributed by atoms with E-state index < -0.39 is 0 Å². The number of hydrogen-bond acceptors (Lipinski definition) is 1. The highest BCUT2D eigenvalue weighted by atomic mass is 79.9. The first-order chi connectivity index (χ1) is 7.82. The van der Waals surface area contributed by atoms with Crippen molar-refractivity contribution in [2.24, 2.45) is 5.92 Å². The van der Waals surface area contributed by atoms with Gasteiger partial charge in [0.2, 0.25) is 5.91 Å². The van der Waals surface area contributed by atoms with E-state index in [1.54, 1.807) is 12.1 Å². The smallest absolute Gasteiger partial charge is 0.238 e. The van der Waals surface area contributed by atoms with Gasteiger partial charge in [0.25, 0.3) is 0 Å². The highest BCUT2D eigenvalue weighted by Crippen LogP contribution is 2.29. The predicted molar refractivity (Wildman–Crippen MR) is 77.4 cm³/mol. The molecule has 1 amide bonds. The molecule has 94 valence electrons. The standard InChI is InChI=1S/C12H14BrCl2NO/c1-6(2)11(13)12(17)16-10-5-8(14)7(3)4-9(10)15/h4-6,11H,1-3H3,(H,16,17). The van der Waals surface area contributed by atoms with E-state index in [2.05, 4.69) is 21.2 Å². The fourth-order valence-corrected chi connectivity index (χ4v) is 1.79. The molecule has 0 bridgehead atoms. The maximum absolute atomic E-state index is 11.8. The van der Waals surface area contributed by atoms with Gasteiger partial charge in [0, 0.05) is 5.02 Å². The van der Waals surface area contributed by atoms with Crippen molar-refractivity contribution < 1.29 is 4.79 Å². The van der Waals surface area contributed by atoms with E-state index in [1.165, 1.54) is 0 Å². The van der Waals surface area contributed by atoms with Crippen molar-refractivity contribution in [1.29, 1.82) is 0 Å². The van der Waals surface area contributed by atoms with Gasteiger partial charge < -0.3 is 5.32 Å². The number of carbonyl (C=O) groups is 1. The van der Waals surface area contributed by atoms with Gasteiger partial charge in [-0.2, -0.15) is 0 Å². The van der Waals surface area contributed by atoms with Crippen molar-refractivity contribution in [3.8, 4) is 0 Å². The molecule has 0 saturated heterocycles. The van der Waals surface area contributed by atoms with Gasteiger partial charge in [0.1, 0.15) is 0 Å². The van der Waals surface area contributed by atoms with Crippen LogP contribution in [0, 0.1) is 12.8 Å². The van der Waals surface area contributed by atoms with E-state index in [0.717, 1.165) is 5.56 Å². The van der Waals surface area contributed by atoms with Crippen molar-refractivity contribution >= 4 is 50.7 Å². The molecular weight excluding hydrogens is 325 g/mol. The van der Waals surface area contributed by atoms with E-state index in [0.29, 0.717) is 15.7 Å². The Morgan fingerprint density at radius 3 is 2.41 bits per heavy atom. The maximum Gasteiger partial charge on any atom is 0.238 e. The van der Waals surface area contributed by atoms with Crippen molar-refractivity contribution in [2.45, 2.75) is 25.6 Å². The zero-order valence-corrected chi connectivity index (χ0v) is 12.9. The molecule has 1 atom stereocenters. The van der Waals surface area contributed by atoms with E-state index in [4.69, 9.17) is 23.2 Å². The van der Waals surface area contributed by atoms with Gasteiger partial charge in [-0.1, -0.05) is 53.0 Å². The Hall–Kier alpha value is -0.250. The monoisotopic (exact) mass is 337 g/mol. The molecule has 1 aromatic carbocycles. The van der Waals surface area contributed by atoms with Gasteiger partial charge in [0.15, 0.2) is 0 Å². The second-order valence-electron chi connectivity index (χ2n) is 4.22. The first-order valence-corrected chi connectivity index (χ1v) is 6.90. The predicted octanol–water partition coefficient (Wildman–Crippen LogP) is 4.66. The van der Waals surface area contributed by atoms with Crippen LogP contribution in [0.15, 0.2) is 12.1 Å². The van der Waals surface area contributed by atoms with Gasteiger partial charge in [-0.3, -0.25) is 4.79 Å². The summed E-state index contributed by atoms with van der Waals surface area (Å²) in [5, 5.41) is 3.83. The summed E-state index contributed by atoms with van der Waals surface area (Å²) in [6, 6.07) is 3.40. The molecule has 0 radical (unpaired) electrons. The minimum atomic E-state index is -0.251. The highest BCUT2D eigenvalue weighted by molar-refractivity contribution is 9.10. The molecule has 0 aromatic heterocycles. The van der Waals surface area contributed by atoms with Gasteiger partial charge in [0.05, 0.1) is 15.5 Å². The lowest BCUT2D eigenvalue weighted by Crippen LogP contribution is -2.27. The fourth-order valence-electron chi connectivity index (χ4n) is 1.25. The number of halogens is 3. The normalized spacial score (nSPS) is 12.6. The fraction of sp³-hybridized carbons (Fsp3) is 0.417. The molecule has 1 unspecified atom stereocenters. The van der Waals surface area contributed by atoms with Crippen LogP contribution >= 0.6 is 39.1 Å². The van der Waals surface area contributed by atoms with Gasteiger partial charge in [-0.05, 0) is 30.5 Å². The van der Waals surface area contributed by atoms with Crippen LogP contribution < -0.4 is 5.32 Å². The first kappa shape index (κ1) is 14.8. The largest absolute Gasteiger partial charge is 0.324 e. The van der Waals surface area contributed by atoms with Crippen LogP contribution in [0.2, 0.25) is 10.0 Å². The Morgan fingerprint density at radius 2 is 1.88 bits per heavy atom. The summed E-state index contributed by atoms with van der Waals surface area (Å²) in [6.45, 7) is 5.78. The van der Waals surface area contributed by atoms with Gasteiger partial charge >= 0.3 is 0 Å². The van der Waals surface area contributed by atoms with Gasteiger partial charge in [-0.15, -0.1) is 0 Å². The number of alkyl halides is 1. The third-order valence-corrected chi connectivity index (χ3v) is 4.54. The molecule has 0 aliphatic carbocycles. The molecule has 5 heteroatoms. The van der Waals surface area contributed by atoms with Crippen LogP contribution in [0.25, 0.3) is 0 Å². The van der Waals surface area contributed by atoms with E-state index in [-0.39, 0.29) is 16.7 Å². The molecule has 17 heavy (non-hydrogen) atoms. The van der Waals surface area contributed by atoms with Crippen LogP contribution in [0.5, 0.6) is 0 Å². The van der Waals surface area contributed by atoms with Crippen LogP contribution in [-0.2, 0) is 4.79 Å². The molecule has 0 saturated carbocycles. The number of anilines is 1. The zero-order valence-electron chi connectivity index (χ0n) is 9.85. The lowest BCUT2D eigenvalue weighted by Gasteiger charge is -2.15. The second kappa shape index (κ2) is 6.07. The van der Waals surface area contributed by atoms with E-state index in [1.807, 2.05) is 20.8 Å². The average Bonchev–Trinajstić information content (AvgIpc) is 2.24. The number of benzene rings is 1. The molecule has 0 spiro atoms. The third-order valence-electron chi connectivity index (χ3n) is 2.34. The Bertz CT molecular complexity index is 435. The average molecular weight is 339 g/mol. The Labute approximate surface area is 120 Å². The summed E-state index contributed by atoms with van der Waals surface area (Å²) in [7, 11) is 0. The number of nitrogens with one attached hydrogen (secondary N) is 1. The third kappa shape index (κ3) is 3.87. The minimum Gasteiger partial charge on any atom is -0.324 e. The van der Waals surface area contributed by atoms with Crippen LogP contribution in [0.3, 0.4) is 0 Å². The zero-order chi connectivity index (χ0) is 13.2. The Morgan fingerprint density at radius 1 is 1.29 bits per heavy atom. The molecule has 0 aliphatic rings. The highest BCUT2D eigenvalue weighted by Gasteiger charge is 2.19. The van der Waals surface area contributed by atoms with Crippen LogP contribution in [-0.4, -0.2) is 10.7 Å². The lowest BCUT2D eigenvalue weighted by molar-refractivity contribution is -0.116. The number of rotatable bonds is 3. The Balaban J connectivity index is 2.89. The van der Waals surface area contributed by atoms with Crippen LogP contribution in [0.4, 0.5) is 5.69 Å². The summed E-state index contributed by atoms with van der Waals surface area (Å²) < 4.78 is 0. The summed E-state index contributed by atoms with van der Waals surface area (Å²) >= 11 is 15.4. The number of hydrogen-bond donors (Lipinski definition) is 1. The van der Waals surface area contributed by atoms with Gasteiger partial charge in [-0.25, -0.2) is 0 Å². The molecule has 0 heterocycles. The molecule has 0 aliphatic heterocycles. The van der Waals surface area contributed by atoms with Crippen molar-refractivity contribution in [3.05, 3.63) is 27.7 Å². The van der Waals surface area contributed by atoms with Crippen molar-refractivity contribution in [2.75, 3.05) is 5.32 Å². The summed E-state index contributed by atoms with van der Waals surface area (Å²) in [4.78, 5) is 11.6. The lowest BCUT2D eigenvalue weighted by atomic mass is 10.1. The SMILES string of the molecule is Cc1cc(Cl)c(NC(=O)C(Br)C(C)C)cc1Cl. The molecule has 0 fully saturated rings. The number of carbonyl (C=O) groups excluding carboxylic acids is 1. The summed E-state index contributed by atoms with van der Waals surface area (Å²) in [5.74, 6) is 0.0801. The first-order valence-electron chi connectivity index (χ1n) is 5.23. The Kier molecular flexibility index (Phi) is 5.29. The molecule has 1 rings (SSSR count). The summed E-state index contributed by atoms with van der Waals surface area (Å²) in [5.41, 5.74) is 1.42. The van der Waals surface area contributed by atoms with E-state index in [9.17, 15) is 4.79 Å². The number of aryl methyl sites for hydroxylation is 1. The minimum absolute atomic E-state index is 0.123. The number of amides is 1. The van der Waals surface area contributed by atoms with Crippen LogP contribution in [0.1, 0.15) is 19.4 Å². The molecule has 1 N–H and O–H groups in total. The topological polar surface area (TPSA) is 29.1 Å². The van der Waals surface area contributed by atoms with Crippen molar-refractivity contribution in [1.82, 2.24) is 0 Å². The quantitative estimate of drug-likeness (QED) is 0.798. The second-order valence-corrected chi connectivity index (χ2v) is 6.02. The van der Waals surface area contributed by atoms with Crippen molar-refractivity contribution in [3.63, 3.8) is 0 Å². The molecule has 1 aromatic rings. The summed E-state index contributed by atoms with van der Waals surface area (Å²) in [6.07, 6.45) is 0. The molecule has 2 nitrogen and oxygen atoms in total. The maximum atomic E-state index is 11.8. The molecular formula is C12H14BrCl2NO.